The van der Waals surface area contributed by atoms with Gasteiger partial charge in [0.2, 0.25) is 0 Å². The van der Waals surface area contributed by atoms with Crippen LogP contribution in [0.2, 0.25) is 0 Å². The molecule has 0 aromatic heterocycles. The van der Waals surface area contributed by atoms with E-state index < -0.39 is 8.07 Å². The molecule has 0 radical (unpaired) electrons. The highest BCUT2D eigenvalue weighted by atomic mass is 28.3. The number of aryl methyl sites for hydroxylation is 1. The number of nitrogens with one attached hydrogen (secondary N) is 1. The van der Waals surface area contributed by atoms with Crippen molar-refractivity contribution in [2.75, 3.05) is 10.2 Å². The van der Waals surface area contributed by atoms with E-state index in [0.717, 1.165) is 7.28 Å². The highest BCUT2D eigenvalue weighted by Gasteiger charge is 2.53. The van der Waals surface area contributed by atoms with Crippen LogP contribution in [-0.2, 0) is 21.7 Å². The molecular formula is C67H61BN2Si. The normalized spacial score (nSPS) is 18.0. The lowest BCUT2D eigenvalue weighted by Gasteiger charge is -2.46. The lowest BCUT2D eigenvalue weighted by molar-refractivity contribution is 0.332. The van der Waals surface area contributed by atoms with Crippen molar-refractivity contribution >= 4 is 86.2 Å². The summed E-state index contributed by atoms with van der Waals surface area (Å²) in [6.07, 6.45) is 2.36. The number of fused-ring (bicyclic) bond motifs is 15. The first-order chi connectivity index (χ1) is 34.1. The van der Waals surface area contributed by atoms with Crippen LogP contribution in [-0.4, -0.2) is 15.4 Å². The van der Waals surface area contributed by atoms with Crippen LogP contribution in [0, 0.1) is 6.92 Å². The average molecular weight is 933 g/mol. The summed E-state index contributed by atoms with van der Waals surface area (Å²) in [5, 5.41) is 12.6. The minimum atomic E-state index is -2.79. The molecule has 2 aliphatic carbocycles. The third-order valence-electron chi connectivity index (χ3n) is 18.5. The van der Waals surface area contributed by atoms with Gasteiger partial charge in [-0.1, -0.05) is 206 Å². The van der Waals surface area contributed by atoms with Gasteiger partial charge in [0.1, 0.15) is 0 Å². The van der Waals surface area contributed by atoms with Crippen molar-refractivity contribution in [3.05, 3.63) is 209 Å². The topological polar surface area (TPSA) is 15.3 Å². The molecule has 0 saturated carbocycles. The summed E-state index contributed by atoms with van der Waals surface area (Å²) in [6, 6.07) is 66.5. The molecule has 0 unspecified atom stereocenters. The molecule has 2 nitrogen and oxygen atoms in total. The molecule has 0 saturated heterocycles. The van der Waals surface area contributed by atoms with Gasteiger partial charge < -0.3 is 10.2 Å². The second kappa shape index (κ2) is 14.4. The standard InChI is InChI=1S/C67H61BN2Si/c1-40-35-48-49(65(4,5)34-33-64(48,2)3)38-54(40)70-55-39-51-50(66(6,7)46-26-14-15-27-47(46)67(51,8)9)37-52(55)68-62-56(70)36-41-21-10-11-22-42(41)61(62)45-25-20-32-60-63(45)69-53-28-16-19-31-59(53)71(60)57-29-17-12-23-43(57)44-24-13-18-30-58(44)71/h10-32,35-39,68-69H,33-34H2,1-9H3. The molecule has 9 aromatic rings. The molecule has 0 fully saturated rings. The van der Waals surface area contributed by atoms with Gasteiger partial charge in [-0.15, -0.1) is 0 Å². The van der Waals surface area contributed by atoms with Crippen LogP contribution < -0.4 is 41.9 Å². The van der Waals surface area contributed by atoms with Gasteiger partial charge in [0, 0.05) is 44.8 Å². The van der Waals surface area contributed by atoms with Crippen molar-refractivity contribution in [2.45, 2.75) is 96.8 Å². The van der Waals surface area contributed by atoms with E-state index in [4.69, 9.17) is 0 Å². The van der Waals surface area contributed by atoms with Gasteiger partial charge in [0.05, 0.1) is 0 Å². The fourth-order valence-corrected chi connectivity index (χ4v) is 20.2. The Balaban J connectivity index is 1.09. The quantitative estimate of drug-likeness (QED) is 0.174. The summed E-state index contributed by atoms with van der Waals surface area (Å²) in [4.78, 5) is 2.72. The SMILES string of the molecule is Cc1cc2c(cc1N1c3cc4c(cc3Bc3c1cc1ccccc1c3-c1cccc3c1Nc1ccccc1[Si]31c3ccccc3-c3ccccc31)C(C)(C)c1ccccc1C4(C)C)C(C)(C)CCC2(C)C. The molecule has 3 aliphatic heterocycles. The van der Waals surface area contributed by atoms with Crippen LogP contribution in [0.3, 0.4) is 0 Å². The van der Waals surface area contributed by atoms with E-state index in [0.29, 0.717) is 0 Å². The summed E-state index contributed by atoms with van der Waals surface area (Å²) < 4.78 is 0. The molecular weight excluding hydrogens is 872 g/mol. The molecule has 9 aromatic carbocycles. The van der Waals surface area contributed by atoms with Crippen LogP contribution in [0.25, 0.3) is 33.0 Å². The Morgan fingerprint density at radius 1 is 0.465 bits per heavy atom. The molecule has 1 N–H and O–H groups in total. The Kier molecular flexibility index (Phi) is 8.70. The summed E-state index contributed by atoms with van der Waals surface area (Å²) in [6.45, 7) is 22.1. The van der Waals surface area contributed by atoms with Gasteiger partial charge >= 0.3 is 0 Å². The first-order valence-corrected chi connectivity index (χ1v) is 28.1. The summed E-state index contributed by atoms with van der Waals surface area (Å²) in [5.41, 5.74) is 24.4. The molecule has 1 spiro atoms. The first-order valence-electron chi connectivity index (χ1n) is 26.1. The zero-order valence-corrected chi connectivity index (χ0v) is 43.7. The Morgan fingerprint density at radius 2 is 1.00 bits per heavy atom. The maximum absolute atomic E-state index is 4.21. The van der Waals surface area contributed by atoms with Gasteiger partial charge in [0.15, 0.2) is 15.4 Å². The molecule has 3 heterocycles. The smallest absolute Gasteiger partial charge is 0.198 e. The minimum Gasteiger partial charge on any atom is -0.355 e. The highest BCUT2D eigenvalue weighted by Crippen LogP contribution is 2.54. The molecule has 71 heavy (non-hydrogen) atoms. The van der Waals surface area contributed by atoms with Crippen molar-refractivity contribution in [1.82, 2.24) is 0 Å². The average Bonchev–Trinajstić information content (AvgIpc) is 3.66. The highest BCUT2D eigenvalue weighted by molar-refractivity contribution is 7.23. The van der Waals surface area contributed by atoms with E-state index in [-0.39, 0.29) is 21.7 Å². The fourth-order valence-electron chi connectivity index (χ4n) is 14.7. The Labute approximate surface area is 422 Å². The predicted molar refractivity (Wildman–Crippen MR) is 307 cm³/mol. The number of hydrogen-bond donors (Lipinski definition) is 1. The van der Waals surface area contributed by atoms with Crippen LogP contribution in [0.15, 0.2) is 170 Å². The Hall–Kier alpha value is -6.88. The van der Waals surface area contributed by atoms with Gasteiger partial charge in [-0.3, -0.25) is 0 Å². The molecule has 5 aliphatic rings. The predicted octanol–water partition coefficient (Wildman–Crippen LogP) is 12.7. The molecule has 0 bridgehead atoms. The maximum Gasteiger partial charge on any atom is 0.198 e. The zero-order chi connectivity index (χ0) is 48.6. The fraction of sp³-hybridized carbons (Fsp3) is 0.224. The van der Waals surface area contributed by atoms with Crippen molar-refractivity contribution < 1.29 is 0 Å². The van der Waals surface area contributed by atoms with E-state index in [1.807, 2.05) is 0 Å². The number of hydrogen-bond acceptors (Lipinski definition) is 2. The number of para-hydroxylation sites is 2. The molecule has 346 valence electrons. The maximum atomic E-state index is 4.21. The van der Waals surface area contributed by atoms with Crippen LogP contribution >= 0.6 is 0 Å². The zero-order valence-electron chi connectivity index (χ0n) is 42.7. The van der Waals surface area contributed by atoms with Gasteiger partial charge in [-0.2, -0.15) is 0 Å². The number of nitrogens with zero attached hydrogens (tertiary/aromatic N) is 1. The molecule has 0 amide bonds. The lowest BCUT2D eigenvalue weighted by atomic mass is 9.54. The van der Waals surface area contributed by atoms with E-state index >= 15 is 0 Å². The minimum absolute atomic E-state index is 0.0528. The van der Waals surface area contributed by atoms with Crippen molar-refractivity contribution in [1.29, 1.82) is 0 Å². The largest absolute Gasteiger partial charge is 0.355 e. The third-order valence-corrected chi connectivity index (χ3v) is 23.5. The van der Waals surface area contributed by atoms with Crippen molar-refractivity contribution in [3.63, 3.8) is 0 Å². The Bertz CT molecular complexity index is 3770. The third kappa shape index (κ3) is 5.60. The van der Waals surface area contributed by atoms with E-state index in [1.165, 1.54) is 145 Å². The van der Waals surface area contributed by atoms with E-state index in [2.05, 4.69) is 242 Å². The second-order valence-electron chi connectivity index (χ2n) is 24.0. The van der Waals surface area contributed by atoms with Gasteiger partial charge in [-0.25, -0.2) is 0 Å². The number of anilines is 5. The molecule has 4 heteroatoms. The van der Waals surface area contributed by atoms with Gasteiger partial charge in [0.25, 0.3) is 0 Å². The van der Waals surface area contributed by atoms with Crippen LogP contribution in [0.5, 0.6) is 0 Å². The Morgan fingerprint density at radius 3 is 1.69 bits per heavy atom. The summed E-state index contributed by atoms with van der Waals surface area (Å²) in [5.74, 6) is 0. The summed E-state index contributed by atoms with van der Waals surface area (Å²) >= 11 is 0. The first kappa shape index (κ1) is 43.0. The molecule has 14 rings (SSSR count). The second-order valence-corrected chi connectivity index (χ2v) is 27.7. The van der Waals surface area contributed by atoms with Gasteiger partial charge in [-0.05, 0) is 147 Å². The van der Waals surface area contributed by atoms with Crippen molar-refractivity contribution in [2.24, 2.45) is 0 Å². The molecule has 0 atom stereocenters. The monoisotopic (exact) mass is 932 g/mol. The lowest BCUT2D eigenvalue weighted by Crippen LogP contribution is -2.74. The van der Waals surface area contributed by atoms with Crippen LogP contribution in [0.1, 0.15) is 107 Å². The summed E-state index contributed by atoms with van der Waals surface area (Å²) in [7, 11) is -1.97. The van der Waals surface area contributed by atoms with E-state index in [1.54, 1.807) is 0 Å². The number of benzene rings is 9. The number of rotatable bonds is 2. The van der Waals surface area contributed by atoms with Crippen LogP contribution in [0.4, 0.5) is 28.4 Å². The van der Waals surface area contributed by atoms with E-state index in [9.17, 15) is 0 Å². The van der Waals surface area contributed by atoms with Crippen molar-refractivity contribution in [3.8, 4) is 22.3 Å².